The molecular weight excluding hydrogens is 669 g/mol. The third-order valence-corrected chi connectivity index (χ3v) is 10.3. The number of benzene rings is 7. The largest absolute Gasteiger partial charge is 0.311 e. The summed E-state index contributed by atoms with van der Waals surface area (Å²) in [6, 6.07) is 68.5. The van der Waals surface area contributed by atoms with Crippen molar-refractivity contribution in [3.05, 3.63) is 207 Å². The second-order valence-corrected chi connectivity index (χ2v) is 13.7. The Balaban J connectivity index is 1.03. The first-order valence-electron chi connectivity index (χ1n) is 18.5. The normalized spacial score (nSPS) is 11.3. The van der Waals surface area contributed by atoms with Crippen molar-refractivity contribution < 1.29 is 0 Å². The monoisotopic (exact) mass is 702 g/mol. The van der Waals surface area contributed by atoms with Crippen LogP contribution in [0.15, 0.2) is 207 Å². The number of hydrogen-bond donors (Lipinski definition) is 0. The molecule has 0 spiro atoms. The lowest BCUT2D eigenvalue weighted by Gasteiger charge is -2.26. The second-order valence-electron chi connectivity index (χ2n) is 13.7. The van der Waals surface area contributed by atoms with Gasteiger partial charge in [-0.25, -0.2) is 4.98 Å². The van der Waals surface area contributed by atoms with E-state index in [1.54, 1.807) is 0 Å². The summed E-state index contributed by atoms with van der Waals surface area (Å²) in [5.74, 6) is 0. The van der Waals surface area contributed by atoms with Gasteiger partial charge >= 0.3 is 0 Å². The molecule has 55 heavy (non-hydrogen) atoms. The Bertz CT molecular complexity index is 2830. The van der Waals surface area contributed by atoms with E-state index < -0.39 is 0 Å². The first kappa shape index (κ1) is 32.2. The van der Waals surface area contributed by atoms with Crippen LogP contribution in [0.1, 0.15) is 0 Å². The van der Waals surface area contributed by atoms with Crippen LogP contribution in [0.5, 0.6) is 0 Å². The van der Waals surface area contributed by atoms with Gasteiger partial charge in [-0.2, -0.15) is 0 Å². The van der Waals surface area contributed by atoms with E-state index in [2.05, 4.69) is 169 Å². The fourth-order valence-electron chi connectivity index (χ4n) is 7.48. The Morgan fingerprint density at radius 2 is 0.909 bits per heavy atom. The minimum Gasteiger partial charge on any atom is -0.311 e. The molecule has 4 heteroatoms. The Hall–Kier alpha value is -7.43. The minimum atomic E-state index is 0.873. The lowest BCUT2D eigenvalue weighted by molar-refractivity contribution is 1.28. The van der Waals surface area contributed by atoms with Gasteiger partial charge < -0.3 is 4.90 Å². The van der Waals surface area contributed by atoms with Gasteiger partial charge in [-0.3, -0.25) is 9.97 Å². The van der Waals surface area contributed by atoms with Gasteiger partial charge in [0.2, 0.25) is 0 Å². The van der Waals surface area contributed by atoms with Crippen molar-refractivity contribution in [2.24, 2.45) is 0 Å². The zero-order chi connectivity index (χ0) is 36.6. The summed E-state index contributed by atoms with van der Waals surface area (Å²) in [6.07, 6.45) is 3.79. The van der Waals surface area contributed by atoms with Crippen molar-refractivity contribution in [3.8, 4) is 44.6 Å². The third-order valence-electron chi connectivity index (χ3n) is 10.3. The maximum Gasteiger partial charge on any atom is 0.0965 e. The molecule has 0 unspecified atom stereocenters. The highest BCUT2D eigenvalue weighted by molar-refractivity contribution is 5.94. The molecule has 7 aromatic carbocycles. The number of aromatic nitrogens is 3. The van der Waals surface area contributed by atoms with E-state index in [1.165, 1.54) is 21.9 Å². The molecule has 10 aromatic rings. The van der Waals surface area contributed by atoms with Crippen LogP contribution in [-0.2, 0) is 0 Å². The molecule has 0 radical (unpaired) electrons. The van der Waals surface area contributed by atoms with Crippen LogP contribution in [0.3, 0.4) is 0 Å². The molecule has 0 aliphatic carbocycles. The fraction of sp³-hybridized carbons (Fsp3) is 0. The highest BCUT2D eigenvalue weighted by atomic mass is 15.1. The average Bonchev–Trinajstić information content (AvgIpc) is 3.27. The maximum absolute atomic E-state index is 5.06. The van der Waals surface area contributed by atoms with Crippen molar-refractivity contribution in [1.29, 1.82) is 0 Å². The quantitative estimate of drug-likeness (QED) is 0.166. The van der Waals surface area contributed by atoms with Crippen LogP contribution < -0.4 is 4.90 Å². The Labute approximate surface area is 319 Å². The number of anilines is 3. The topological polar surface area (TPSA) is 41.9 Å². The van der Waals surface area contributed by atoms with Crippen LogP contribution in [0.25, 0.3) is 77.3 Å². The van der Waals surface area contributed by atoms with E-state index in [9.17, 15) is 0 Å². The smallest absolute Gasteiger partial charge is 0.0965 e. The van der Waals surface area contributed by atoms with Crippen molar-refractivity contribution in [1.82, 2.24) is 15.0 Å². The van der Waals surface area contributed by atoms with Gasteiger partial charge in [-0.05, 0) is 106 Å². The summed E-state index contributed by atoms with van der Waals surface area (Å²) in [4.78, 5) is 16.8. The molecule has 0 saturated heterocycles. The number of hydrogen-bond acceptors (Lipinski definition) is 4. The lowest BCUT2D eigenvalue weighted by Crippen LogP contribution is -2.09. The summed E-state index contributed by atoms with van der Waals surface area (Å²) in [5, 5.41) is 3.61. The predicted octanol–water partition coefficient (Wildman–Crippen LogP) is 13.5. The molecule has 0 saturated carbocycles. The number of nitrogens with zero attached hydrogens (tertiary/aromatic N) is 4. The van der Waals surface area contributed by atoms with Crippen LogP contribution >= 0.6 is 0 Å². The zero-order valence-corrected chi connectivity index (χ0v) is 29.9. The van der Waals surface area contributed by atoms with Gasteiger partial charge in [0.05, 0.1) is 22.2 Å². The molecule has 3 aromatic heterocycles. The zero-order valence-electron chi connectivity index (χ0n) is 29.9. The molecule has 0 amide bonds. The van der Waals surface area contributed by atoms with Crippen molar-refractivity contribution in [2.45, 2.75) is 0 Å². The Kier molecular flexibility index (Phi) is 8.12. The summed E-state index contributed by atoms with van der Waals surface area (Å²) < 4.78 is 0. The highest BCUT2D eigenvalue weighted by Gasteiger charge is 2.16. The molecule has 0 bridgehead atoms. The summed E-state index contributed by atoms with van der Waals surface area (Å²) >= 11 is 0. The molecular formula is C51H34N4. The van der Waals surface area contributed by atoms with Gasteiger partial charge in [-0.15, -0.1) is 0 Å². The van der Waals surface area contributed by atoms with Crippen molar-refractivity contribution in [2.75, 3.05) is 4.90 Å². The highest BCUT2D eigenvalue weighted by Crippen LogP contribution is 2.39. The van der Waals surface area contributed by atoms with Gasteiger partial charge in [0.15, 0.2) is 0 Å². The molecule has 0 N–H and O–H groups in total. The summed E-state index contributed by atoms with van der Waals surface area (Å²) in [5.41, 5.74) is 14.7. The molecule has 10 rings (SSSR count). The fourth-order valence-corrected chi connectivity index (χ4v) is 7.48. The van der Waals surface area contributed by atoms with E-state index in [-0.39, 0.29) is 0 Å². The van der Waals surface area contributed by atoms with Crippen molar-refractivity contribution >= 4 is 49.8 Å². The van der Waals surface area contributed by atoms with E-state index in [1.807, 2.05) is 42.7 Å². The van der Waals surface area contributed by atoms with E-state index in [0.717, 1.165) is 72.5 Å². The predicted molar refractivity (Wildman–Crippen MR) is 229 cm³/mol. The minimum absolute atomic E-state index is 0.873. The molecule has 0 aliphatic rings. The SMILES string of the molecule is c1ccc(-c2cc(-c3ccc(N(c4ccc(-c5ccc6ccccc6c5)cc4)c4ccc(-c5cnc6ccccc6c5)cc4)cc3)nc3cccnc23)cc1. The van der Waals surface area contributed by atoms with Gasteiger partial charge in [0, 0.05) is 51.5 Å². The van der Waals surface area contributed by atoms with E-state index >= 15 is 0 Å². The van der Waals surface area contributed by atoms with Gasteiger partial charge in [-0.1, -0.05) is 121 Å². The van der Waals surface area contributed by atoms with Crippen LogP contribution in [0.2, 0.25) is 0 Å². The van der Waals surface area contributed by atoms with Crippen LogP contribution in [0, 0.1) is 0 Å². The maximum atomic E-state index is 5.06. The Morgan fingerprint density at radius 1 is 0.345 bits per heavy atom. The van der Waals surface area contributed by atoms with Crippen molar-refractivity contribution in [3.63, 3.8) is 0 Å². The first-order valence-corrected chi connectivity index (χ1v) is 18.5. The summed E-state index contributed by atoms with van der Waals surface area (Å²) in [6.45, 7) is 0. The second kappa shape index (κ2) is 13.8. The van der Waals surface area contributed by atoms with E-state index in [4.69, 9.17) is 15.0 Å². The number of para-hydroxylation sites is 1. The molecule has 3 heterocycles. The molecule has 4 nitrogen and oxygen atoms in total. The van der Waals surface area contributed by atoms with Gasteiger partial charge in [0.25, 0.3) is 0 Å². The first-order chi connectivity index (χ1) is 27.2. The van der Waals surface area contributed by atoms with Crippen LogP contribution in [-0.4, -0.2) is 15.0 Å². The van der Waals surface area contributed by atoms with E-state index in [0.29, 0.717) is 0 Å². The molecule has 0 fully saturated rings. The van der Waals surface area contributed by atoms with Crippen LogP contribution in [0.4, 0.5) is 17.1 Å². The summed E-state index contributed by atoms with van der Waals surface area (Å²) in [7, 11) is 0. The molecule has 258 valence electrons. The Morgan fingerprint density at radius 3 is 1.64 bits per heavy atom. The number of rotatable bonds is 7. The number of pyridine rings is 3. The lowest BCUT2D eigenvalue weighted by atomic mass is 10.00. The standard InChI is InChI=1S/C51H34N4/c1-2-10-38(11-3-1)47-33-50(54-49-15-8-30-52-51(47)49)39-22-28-46(29-23-39)55(44-24-18-36(19-25-44)41-17-16-35-9-4-5-12-40(35)31-41)45-26-20-37(21-27-45)43-32-42-13-6-7-14-48(42)53-34-43/h1-34H. The third kappa shape index (κ3) is 6.26. The average molecular weight is 703 g/mol. The number of fused-ring (bicyclic) bond motifs is 3. The molecule has 0 atom stereocenters. The van der Waals surface area contributed by atoms with Gasteiger partial charge in [0.1, 0.15) is 0 Å². The molecule has 0 aliphatic heterocycles.